The maximum atomic E-state index is 11.6. The molecule has 118 valence electrons. The molecule has 0 saturated carbocycles. The number of rotatable bonds is 9. The molecule has 0 aliphatic carbocycles. The van der Waals surface area contributed by atoms with Crippen LogP contribution in [0.5, 0.6) is 0 Å². The van der Waals surface area contributed by atoms with Crippen molar-refractivity contribution in [3.63, 3.8) is 0 Å². The van der Waals surface area contributed by atoms with Crippen molar-refractivity contribution in [2.45, 2.75) is 6.42 Å². The smallest absolute Gasteiger partial charge is 0.233 e. The molecule has 0 aromatic carbocycles. The predicted octanol–water partition coefficient (Wildman–Crippen LogP) is 1.10. The van der Waals surface area contributed by atoms with Crippen LogP contribution in [0.1, 0.15) is 5.01 Å². The molecular formula is C15H20N4O2S. The fourth-order valence-corrected chi connectivity index (χ4v) is 2.60. The molecule has 0 unspecified atom stereocenters. The standard InChI is InChI=1S/C15H20N4O2S/c1-21-9-8-16-10-14(20)18-7-5-15-19-13(11-22-15)12-4-2-3-6-17-12/h2-4,6,11,16H,5,7-10H2,1H3,(H,18,20). The molecule has 0 spiro atoms. The first-order valence-electron chi connectivity index (χ1n) is 7.12. The van der Waals surface area contributed by atoms with Crippen molar-refractivity contribution in [2.24, 2.45) is 0 Å². The number of methoxy groups -OCH3 is 1. The largest absolute Gasteiger partial charge is 0.383 e. The van der Waals surface area contributed by atoms with Gasteiger partial charge in [0.05, 0.1) is 29.5 Å². The average molecular weight is 320 g/mol. The molecule has 0 aliphatic heterocycles. The van der Waals surface area contributed by atoms with Crippen LogP contribution in [0, 0.1) is 0 Å². The van der Waals surface area contributed by atoms with Crippen LogP contribution in [0.2, 0.25) is 0 Å². The Balaban J connectivity index is 1.69. The number of amides is 1. The maximum absolute atomic E-state index is 11.6. The monoisotopic (exact) mass is 320 g/mol. The minimum atomic E-state index is -0.0161. The first-order chi connectivity index (χ1) is 10.8. The summed E-state index contributed by atoms with van der Waals surface area (Å²) in [5, 5.41) is 8.85. The summed E-state index contributed by atoms with van der Waals surface area (Å²) >= 11 is 1.59. The summed E-state index contributed by atoms with van der Waals surface area (Å²) in [6.45, 7) is 2.16. The van der Waals surface area contributed by atoms with Crippen molar-refractivity contribution < 1.29 is 9.53 Å². The Labute approximate surface area is 133 Å². The Kier molecular flexibility index (Phi) is 6.95. The number of hydrogen-bond acceptors (Lipinski definition) is 6. The van der Waals surface area contributed by atoms with Crippen molar-refractivity contribution in [3.8, 4) is 11.4 Å². The maximum Gasteiger partial charge on any atom is 0.233 e. The van der Waals surface area contributed by atoms with Gasteiger partial charge in [-0.15, -0.1) is 11.3 Å². The van der Waals surface area contributed by atoms with Crippen LogP contribution < -0.4 is 10.6 Å². The molecule has 0 atom stereocenters. The number of ether oxygens (including phenoxy) is 1. The Hall–Kier alpha value is -1.83. The summed E-state index contributed by atoms with van der Waals surface area (Å²) in [7, 11) is 1.63. The molecule has 2 aromatic rings. The van der Waals surface area contributed by atoms with Gasteiger partial charge in [0.2, 0.25) is 5.91 Å². The third-order valence-corrected chi connectivity index (χ3v) is 3.82. The Morgan fingerprint density at radius 3 is 3.00 bits per heavy atom. The van der Waals surface area contributed by atoms with Crippen LogP contribution in [0.25, 0.3) is 11.4 Å². The van der Waals surface area contributed by atoms with Crippen molar-refractivity contribution in [1.29, 1.82) is 0 Å². The summed E-state index contributed by atoms with van der Waals surface area (Å²) in [6.07, 6.45) is 2.48. The third kappa shape index (κ3) is 5.51. The van der Waals surface area contributed by atoms with Crippen molar-refractivity contribution in [2.75, 3.05) is 33.4 Å². The van der Waals surface area contributed by atoms with E-state index >= 15 is 0 Å². The minimum Gasteiger partial charge on any atom is -0.383 e. The normalized spacial score (nSPS) is 10.6. The summed E-state index contributed by atoms with van der Waals surface area (Å²) in [5.74, 6) is -0.0161. The van der Waals surface area contributed by atoms with Crippen molar-refractivity contribution >= 4 is 17.2 Å². The van der Waals surface area contributed by atoms with E-state index in [1.165, 1.54) is 0 Å². The zero-order valence-electron chi connectivity index (χ0n) is 12.5. The van der Waals surface area contributed by atoms with E-state index in [4.69, 9.17) is 4.74 Å². The van der Waals surface area contributed by atoms with E-state index in [0.29, 0.717) is 26.2 Å². The zero-order chi connectivity index (χ0) is 15.6. The van der Waals surface area contributed by atoms with E-state index in [1.807, 2.05) is 23.6 Å². The third-order valence-electron chi connectivity index (χ3n) is 2.91. The van der Waals surface area contributed by atoms with Crippen LogP contribution in [-0.4, -0.2) is 49.2 Å². The molecule has 6 nitrogen and oxygen atoms in total. The van der Waals surface area contributed by atoms with Crippen LogP contribution in [0.3, 0.4) is 0 Å². The lowest BCUT2D eigenvalue weighted by molar-refractivity contribution is -0.120. The average Bonchev–Trinajstić information content (AvgIpc) is 3.01. The Morgan fingerprint density at radius 1 is 1.32 bits per heavy atom. The van der Waals surface area contributed by atoms with Gasteiger partial charge in [-0.1, -0.05) is 6.07 Å². The van der Waals surface area contributed by atoms with Gasteiger partial charge >= 0.3 is 0 Å². The molecule has 2 heterocycles. The molecule has 2 aromatic heterocycles. The number of aromatic nitrogens is 2. The van der Waals surface area contributed by atoms with E-state index in [9.17, 15) is 4.79 Å². The number of nitrogens with zero attached hydrogens (tertiary/aromatic N) is 2. The van der Waals surface area contributed by atoms with Gasteiger partial charge in [-0.25, -0.2) is 4.98 Å². The second-order valence-electron chi connectivity index (χ2n) is 4.61. The second kappa shape index (κ2) is 9.24. The van der Waals surface area contributed by atoms with Crippen molar-refractivity contribution in [3.05, 3.63) is 34.8 Å². The molecule has 0 saturated heterocycles. The predicted molar refractivity (Wildman–Crippen MR) is 86.8 cm³/mol. The van der Waals surface area contributed by atoms with E-state index in [0.717, 1.165) is 22.8 Å². The quantitative estimate of drug-likeness (QED) is 0.677. The van der Waals surface area contributed by atoms with Gasteiger partial charge in [0.1, 0.15) is 0 Å². The number of thiazole rings is 1. The Bertz CT molecular complexity index is 574. The van der Waals surface area contributed by atoms with Crippen LogP contribution >= 0.6 is 11.3 Å². The van der Waals surface area contributed by atoms with Gasteiger partial charge in [-0.2, -0.15) is 0 Å². The SMILES string of the molecule is COCCNCC(=O)NCCc1nc(-c2ccccn2)cs1. The highest BCUT2D eigenvalue weighted by Crippen LogP contribution is 2.19. The molecule has 0 radical (unpaired) electrons. The van der Waals surface area contributed by atoms with Crippen LogP contribution in [0.4, 0.5) is 0 Å². The second-order valence-corrected chi connectivity index (χ2v) is 5.55. The highest BCUT2D eigenvalue weighted by atomic mass is 32.1. The molecule has 2 N–H and O–H groups in total. The molecule has 2 rings (SSSR count). The molecular weight excluding hydrogens is 300 g/mol. The van der Waals surface area contributed by atoms with Gasteiger partial charge in [0.25, 0.3) is 0 Å². The fraction of sp³-hybridized carbons (Fsp3) is 0.400. The molecule has 7 heteroatoms. The molecule has 0 fully saturated rings. The number of hydrogen-bond donors (Lipinski definition) is 2. The van der Waals surface area contributed by atoms with E-state index in [2.05, 4.69) is 20.6 Å². The van der Waals surface area contributed by atoms with Gasteiger partial charge in [-0.05, 0) is 12.1 Å². The topological polar surface area (TPSA) is 76.1 Å². The number of nitrogens with one attached hydrogen (secondary N) is 2. The molecule has 1 amide bonds. The zero-order valence-corrected chi connectivity index (χ0v) is 13.4. The Morgan fingerprint density at radius 2 is 2.23 bits per heavy atom. The molecule has 0 bridgehead atoms. The van der Waals surface area contributed by atoms with E-state index in [1.54, 1.807) is 24.6 Å². The van der Waals surface area contributed by atoms with Crippen molar-refractivity contribution in [1.82, 2.24) is 20.6 Å². The first-order valence-corrected chi connectivity index (χ1v) is 7.99. The van der Waals surface area contributed by atoms with Gasteiger partial charge in [0.15, 0.2) is 0 Å². The highest BCUT2D eigenvalue weighted by Gasteiger charge is 2.06. The molecule has 22 heavy (non-hydrogen) atoms. The number of carbonyl (C=O) groups excluding carboxylic acids is 1. The minimum absolute atomic E-state index is 0.0161. The number of carbonyl (C=O) groups is 1. The number of pyridine rings is 1. The van der Waals surface area contributed by atoms with Gasteiger partial charge in [0, 0.05) is 38.2 Å². The van der Waals surface area contributed by atoms with Gasteiger partial charge < -0.3 is 15.4 Å². The van der Waals surface area contributed by atoms with E-state index < -0.39 is 0 Å². The van der Waals surface area contributed by atoms with Crippen LogP contribution in [-0.2, 0) is 16.0 Å². The van der Waals surface area contributed by atoms with E-state index in [-0.39, 0.29) is 5.91 Å². The van der Waals surface area contributed by atoms with Crippen LogP contribution in [0.15, 0.2) is 29.8 Å². The summed E-state index contributed by atoms with van der Waals surface area (Å²) < 4.78 is 4.90. The summed E-state index contributed by atoms with van der Waals surface area (Å²) in [6, 6.07) is 5.76. The van der Waals surface area contributed by atoms with Gasteiger partial charge in [-0.3, -0.25) is 9.78 Å². The summed E-state index contributed by atoms with van der Waals surface area (Å²) in [4.78, 5) is 20.4. The fourth-order valence-electron chi connectivity index (χ4n) is 1.81. The lowest BCUT2D eigenvalue weighted by Crippen LogP contribution is -2.36. The lowest BCUT2D eigenvalue weighted by Gasteiger charge is -2.05. The highest BCUT2D eigenvalue weighted by molar-refractivity contribution is 7.09. The first kappa shape index (κ1) is 16.5. The summed E-state index contributed by atoms with van der Waals surface area (Å²) in [5.41, 5.74) is 1.75. The lowest BCUT2D eigenvalue weighted by atomic mass is 10.3. The molecule has 0 aliphatic rings.